The van der Waals surface area contributed by atoms with Gasteiger partial charge in [0, 0.05) is 19.6 Å². The first-order valence-electron chi connectivity index (χ1n) is 6.85. The van der Waals surface area contributed by atoms with Crippen molar-refractivity contribution < 1.29 is 9.53 Å². The van der Waals surface area contributed by atoms with Crippen LogP contribution in [-0.2, 0) is 11.8 Å². The maximum Gasteiger partial charge on any atom is 0.184 e. The maximum atomic E-state index is 12.5. The number of Topliss-reactive ketones (excluding diaryl/α,β-unsaturated/α-hetero) is 1. The number of rotatable bonds is 2. The van der Waals surface area contributed by atoms with Crippen LogP contribution >= 0.6 is 0 Å². The molecule has 3 rings (SSSR count). The van der Waals surface area contributed by atoms with Crippen LogP contribution in [0.5, 0.6) is 0 Å². The summed E-state index contributed by atoms with van der Waals surface area (Å²) in [6.45, 7) is 0.730. The summed E-state index contributed by atoms with van der Waals surface area (Å²) in [5.74, 6) is 0.358. The van der Waals surface area contributed by atoms with Gasteiger partial charge in [-0.15, -0.1) is 0 Å². The van der Waals surface area contributed by atoms with Gasteiger partial charge in [-0.05, 0) is 25.7 Å². The predicted octanol–water partition coefficient (Wildman–Crippen LogP) is 2.34. The Hall–Kier alpha value is -1.16. The summed E-state index contributed by atoms with van der Waals surface area (Å²) >= 11 is 0. The van der Waals surface area contributed by atoms with Crippen LogP contribution in [0.2, 0.25) is 0 Å². The van der Waals surface area contributed by atoms with Gasteiger partial charge in [0.25, 0.3) is 0 Å². The van der Waals surface area contributed by atoms with E-state index in [0.717, 1.165) is 38.0 Å². The quantitative estimate of drug-likeness (QED) is 0.755. The van der Waals surface area contributed by atoms with Gasteiger partial charge in [-0.1, -0.05) is 12.8 Å². The van der Waals surface area contributed by atoms with Gasteiger partial charge in [0.1, 0.15) is 5.69 Å². The molecule has 98 valence electrons. The van der Waals surface area contributed by atoms with Crippen molar-refractivity contribution in [1.82, 2.24) is 9.55 Å². The summed E-state index contributed by atoms with van der Waals surface area (Å²) < 4.78 is 7.80. The molecule has 1 spiro atoms. The number of nitrogens with zero attached hydrogens (tertiary/aromatic N) is 2. The molecule has 18 heavy (non-hydrogen) atoms. The largest absolute Gasteiger partial charge is 0.375 e. The number of ether oxygens (including phenoxy) is 1. The van der Waals surface area contributed by atoms with E-state index in [1.165, 1.54) is 12.8 Å². The molecule has 1 saturated carbocycles. The Morgan fingerprint density at radius 2 is 2.28 bits per heavy atom. The van der Waals surface area contributed by atoms with Crippen LogP contribution in [0, 0.1) is 5.92 Å². The first-order chi connectivity index (χ1) is 8.70. The van der Waals surface area contributed by atoms with Crippen LogP contribution in [0.1, 0.15) is 49.0 Å². The third-order valence-electron chi connectivity index (χ3n) is 4.45. The molecule has 1 aliphatic carbocycles. The molecule has 1 aromatic rings. The van der Waals surface area contributed by atoms with Gasteiger partial charge >= 0.3 is 0 Å². The molecule has 1 saturated heterocycles. The van der Waals surface area contributed by atoms with Crippen LogP contribution in [0.3, 0.4) is 0 Å². The van der Waals surface area contributed by atoms with E-state index < -0.39 is 0 Å². The standard InChI is InChI=1S/C14H20N2O2/c1-16-10-15-9-12(16)13(17)11-4-7-18-14(8-11)5-2-3-6-14/h9-11H,2-8H2,1H3. The third-order valence-corrected chi connectivity index (χ3v) is 4.45. The van der Waals surface area contributed by atoms with Crippen molar-refractivity contribution in [3.05, 3.63) is 18.2 Å². The summed E-state index contributed by atoms with van der Waals surface area (Å²) in [6.07, 6.45) is 9.86. The first kappa shape index (κ1) is 11.9. The summed E-state index contributed by atoms with van der Waals surface area (Å²) in [5.41, 5.74) is 0.743. The number of carbonyl (C=O) groups excluding carboxylic acids is 1. The highest BCUT2D eigenvalue weighted by atomic mass is 16.5. The van der Waals surface area contributed by atoms with Crippen molar-refractivity contribution in [2.24, 2.45) is 13.0 Å². The van der Waals surface area contributed by atoms with Crippen molar-refractivity contribution in [3.8, 4) is 0 Å². The van der Waals surface area contributed by atoms with Gasteiger partial charge in [-0.2, -0.15) is 0 Å². The molecule has 0 radical (unpaired) electrons. The number of hydrogen-bond donors (Lipinski definition) is 0. The van der Waals surface area contributed by atoms with E-state index in [1.807, 2.05) is 11.6 Å². The lowest BCUT2D eigenvalue weighted by Crippen LogP contribution is -2.40. The Balaban J connectivity index is 1.76. The second-order valence-electron chi connectivity index (χ2n) is 5.68. The second-order valence-corrected chi connectivity index (χ2v) is 5.68. The summed E-state index contributed by atoms with van der Waals surface area (Å²) in [5, 5.41) is 0. The molecule has 0 amide bonds. The first-order valence-corrected chi connectivity index (χ1v) is 6.85. The number of hydrogen-bond acceptors (Lipinski definition) is 3. The fourth-order valence-corrected chi connectivity index (χ4v) is 3.42. The maximum absolute atomic E-state index is 12.5. The Morgan fingerprint density at radius 1 is 1.50 bits per heavy atom. The molecule has 4 heteroatoms. The minimum atomic E-state index is 0.0111. The molecule has 1 atom stereocenters. The number of imidazole rings is 1. The van der Waals surface area contributed by atoms with Crippen molar-refractivity contribution in [3.63, 3.8) is 0 Å². The third kappa shape index (κ3) is 1.99. The molecule has 4 nitrogen and oxygen atoms in total. The number of carbonyl (C=O) groups is 1. The molecular weight excluding hydrogens is 228 g/mol. The molecule has 2 aliphatic rings. The van der Waals surface area contributed by atoms with Gasteiger partial charge in [0.15, 0.2) is 5.78 Å². The number of aromatic nitrogens is 2. The fraction of sp³-hybridized carbons (Fsp3) is 0.714. The average molecular weight is 248 g/mol. The Labute approximate surface area is 107 Å². The van der Waals surface area contributed by atoms with Gasteiger partial charge in [0.05, 0.1) is 18.1 Å². The van der Waals surface area contributed by atoms with Crippen LogP contribution in [-0.4, -0.2) is 27.5 Å². The second kappa shape index (κ2) is 4.50. The number of aryl methyl sites for hydroxylation is 1. The normalized spacial score (nSPS) is 26.6. The highest BCUT2D eigenvalue weighted by molar-refractivity contribution is 5.96. The Kier molecular flexibility index (Phi) is 2.98. The topological polar surface area (TPSA) is 44.1 Å². The van der Waals surface area contributed by atoms with E-state index in [0.29, 0.717) is 0 Å². The molecule has 0 aromatic carbocycles. The summed E-state index contributed by atoms with van der Waals surface area (Å²) in [4.78, 5) is 16.5. The predicted molar refractivity (Wildman–Crippen MR) is 67.4 cm³/mol. The van der Waals surface area contributed by atoms with E-state index in [2.05, 4.69) is 4.98 Å². The lowest BCUT2D eigenvalue weighted by Gasteiger charge is -2.37. The summed E-state index contributed by atoms with van der Waals surface area (Å²) in [6, 6.07) is 0. The van der Waals surface area contributed by atoms with Crippen molar-refractivity contribution >= 4 is 5.78 Å². The molecular formula is C14H20N2O2. The van der Waals surface area contributed by atoms with E-state index in [9.17, 15) is 4.79 Å². The van der Waals surface area contributed by atoms with Crippen molar-refractivity contribution in [1.29, 1.82) is 0 Å². The van der Waals surface area contributed by atoms with Gasteiger partial charge in [-0.3, -0.25) is 4.79 Å². The van der Waals surface area contributed by atoms with E-state index in [1.54, 1.807) is 12.5 Å². The van der Waals surface area contributed by atoms with Crippen LogP contribution < -0.4 is 0 Å². The lowest BCUT2D eigenvalue weighted by molar-refractivity contribution is -0.0867. The zero-order valence-corrected chi connectivity index (χ0v) is 10.9. The number of ketones is 1. The zero-order chi connectivity index (χ0) is 12.6. The van der Waals surface area contributed by atoms with Crippen molar-refractivity contribution in [2.45, 2.75) is 44.1 Å². The van der Waals surface area contributed by atoms with Crippen LogP contribution in [0.4, 0.5) is 0 Å². The molecule has 0 N–H and O–H groups in total. The minimum absolute atomic E-state index is 0.0111. The van der Waals surface area contributed by atoms with E-state index in [4.69, 9.17) is 4.74 Å². The molecule has 1 unspecified atom stereocenters. The average Bonchev–Trinajstić information content (AvgIpc) is 2.98. The molecule has 1 aromatic heterocycles. The van der Waals surface area contributed by atoms with Crippen molar-refractivity contribution in [2.75, 3.05) is 6.61 Å². The highest BCUT2D eigenvalue weighted by Crippen LogP contribution is 2.42. The minimum Gasteiger partial charge on any atom is -0.375 e. The zero-order valence-electron chi connectivity index (χ0n) is 10.9. The van der Waals surface area contributed by atoms with Gasteiger partial charge in [-0.25, -0.2) is 4.98 Å². The Bertz CT molecular complexity index is 446. The molecule has 2 fully saturated rings. The lowest BCUT2D eigenvalue weighted by atomic mass is 9.81. The van der Waals surface area contributed by atoms with E-state index in [-0.39, 0.29) is 17.3 Å². The van der Waals surface area contributed by atoms with E-state index >= 15 is 0 Å². The molecule has 2 heterocycles. The van der Waals surface area contributed by atoms with Crippen LogP contribution in [0.25, 0.3) is 0 Å². The van der Waals surface area contributed by atoms with Gasteiger partial charge < -0.3 is 9.30 Å². The fourth-order valence-electron chi connectivity index (χ4n) is 3.42. The summed E-state index contributed by atoms with van der Waals surface area (Å²) in [7, 11) is 1.88. The monoisotopic (exact) mass is 248 g/mol. The molecule has 1 aliphatic heterocycles. The SMILES string of the molecule is Cn1cncc1C(=O)C1CCOC2(CCCC2)C1. The molecule has 0 bridgehead atoms. The highest BCUT2D eigenvalue weighted by Gasteiger charge is 2.42. The van der Waals surface area contributed by atoms with Crippen LogP contribution in [0.15, 0.2) is 12.5 Å². The Morgan fingerprint density at radius 3 is 2.94 bits per heavy atom. The van der Waals surface area contributed by atoms with Gasteiger partial charge in [0.2, 0.25) is 0 Å². The smallest absolute Gasteiger partial charge is 0.184 e.